The van der Waals surface area contributed by atoms with Crippen LogP contribution in [0.4, 0.5) is 0 Å². The summed E-state index contributed by atoms with van der Waals surface area (Å²) in [6.07, 6.45) is 0.739. The Kier molecular flexibility index (Phi) is 4.12. The van der Waals surface area contributed by atoms with Crippen molar-refractivity contribution in [2.45, 2.75) is 19.4 Å². The summed E-state index contributed by atoms with van der Waals surface area (Å²) in [4.78, 5) is 11.4. The topological polar surface area (TPSA) is 29.1 Å². The fraction of sp³-hybridized carbons (Fsp3) is 0.214. The zero-order chi connectivity index (χ0) is 12.3. The fourth-order valence-electron chi connectivity index (χ4n) is 1.86. The summed E-state index contributed by atoms with van der Waals surface area (Å²) in [5, 5.41) is 2.46. The highest BCUT2D eigenvalue weighted by molar-refractivity contribution is 14.1. The summed E-state index contributed by atoms with van der Waals surface area (Å²) in [6, 6.07) is 14.5. The molecule has 0 aliphatic heterocycles. The Hall–Kier alpha value is -0.940. The molecular weight excluding hydrogens is 325 g/mol. The largest absolute Gasteiger partial charge is 0.298 e. The first-order valence-electron chi connectivity index (χ1n) is 5.55. The van der Waals surface area contributed by atoms with Crippen LogP contribution in [0.2, 0.25) is 0 Å². The van der Waals surface area contributed by atoms with E-state index in [1.807, 2.05) is 35.0 Å². The molecule has 88 valence electrons. The average molecular weight is 339 g/mol. The number of hydrogen-bond donors (Lipinski definition) is 1. The quantitative estimate of drug-likeness (QED) is 0.684. The van der Waals surface area contributed by atoms with Crippen LogP contribution in [0.5, 0.6) is 0 Å². The van der Waals surface area contributed by atoms with Crippen molar-refractivity contribution in [1.82, 2.24) is 3.53 Å². The number of nitrogens with one attached hydrogen (secondary N) is 1. The molecule has 2 aromatic rings. The first-order valence-corrected chi connectivity index (χ1v) is 6.63. The van der Waals surface area contributed by atoms with Gasteiger partial charge in [-0.3, -0.25) is 8.32 Å². The monoisotopic (exact) mass is 339 g/mol. The maximum atomic E-state index is 11.4. The van der Waals surface area contributed by atoms with Crippen LogP contribution < -0.4 is 3.53 Å². The lowest BCUT2D eigenvalue weighted by atomic mass is 10.0. The van der Waals surface area contributed by atoms with Gasteiger partial charge in [0.05, 0.1) is 6.04 Å². The van der Waals surface area contributed by atoms with Crippen LogP contribution in [-0.2, 0) is 11.2 Å². The number of carbonyl (C=O) groups excluding carboxylic acids is 1. The minimum absolute atomic E-state index is 0.100. The van der Waals surface area contributed by atoms with Gasteiger partial charge < -0.3 is 0 Å². The van der Waals surface area contributed by atoms with Gasteiger partial charge in [0.15, 0.2) is 0 Å². The molecule has 0 spiro atoms. The van der Waals surface area contributed by atoms with Crippen LogP contribution in [0, 0.1) is 0 Å². The van der Waals surface area contributed by atoms with E-state index in [-0.39, 0.29) is 11.8 Å². The Bertz CT molecular complexity index is 538. The third-order valence-electron chi connectivity index (χ3n) is 2.88. The normalized spacial score (nSPS) is 12.6. The Morgan fingerprint density at radius 2 is 1.94 bits per heavy atom. The molecule has 0 amide bonds. The Balaban J connectivity index is 2.27. The van der Waals surface area contributed by atoms with Crippen molar-refractivity contribution < 1.29 is 4.79 Å². The first-order chi connectivity index (χ1) is 8.20. The molecule has 0 aliphatic rings. The van der Waals surface area contributed by atoms with Crippen molar-refractivity contribution in [3.63, 3.8) is 0 Å². The molecule has 0 aromatic heterocycles. The molecule has 1 atom stereocenters. The predicted octanol–water partition coefficient (Wildman–Crippen LogP) is 3.28. The van der Waals surface area contributed by atoms with Gasteiger partial charge in [0.2, 0.25) is 0 Å². The molecule has 3 heteroatoms. The molecule has 17 heavy (non-hydrogen) atoms. The van der Waals surface area contributed by atoms with Gasteiger partial charge in [0.1, 0.15) is 5.78 Å². The highest BCUT2D eigenvalue weighted by Gasteiger charge is 2.12. The van der Waals surface area contributed by atoms with E-state index in [4.69, 9.17) is 0 Å². The summed E-state index contributed by atoms with van der Waals surface area (Å²) in [5.74, 6) is 0.174. The van der Waals surface area contributed by atoms with Crippen molar-refractivity contribution in [2.24, 2.45) is 0 Å². The maximum absolute atomic E-state index is 11.4. The van der Waals surface area contributed by atoms with Gasteiger partial charge in [-0.15, -0.1) is 0 Å². The molecule has 2 rings (SSSR count). The standard InChI is InChI=1S/C14H14INO/c1-10(17)14(16-15)9-11-6-7-12-4-2-3-5-13(12)8-11/h2-8,14,16H,9H2,1H3. The van der Waals surface area contributed by atoms with E-state index in [0.29, 0.717) is 0 Å². The third kappa shape index (κ3) is 3.04. The van der Waals surface area contributed by atoms with Gasteiger partial charge >= 0.3 is 0 Å². The second-order valence-electron chi connectivity index (χ2n) is 4.16. The third-order valence-corrected chi connectivity index (χ3v) is 3.63. The number of rotatable bonds is 4. The molecule has 0 saturated carbocycles. The van der Waals surface area contributed by atoms with E-state index < -0.39 is 0 Å². The molecule has 0 saturated heterocycles. The number of fused-ring (bicyclic) bond motifs is 1. The first kappa shape index (κ1) is 12.5. The summed E-state index contributed by atoms with van der Waals surface area (Å²) < 4.78 is 3.02. The highest BCUT2D eigenvalue weighted by Crippen LogP contribution is 2.17. The van der Waals surface area contributed by atoms with E-state index in [1.165, 1.54) is 16.3 Å². The van der Waals surface area contributed by atoms with Gasteiger partial charge in [-0.05, 0) is 29.7 Å². The zero-order valence-electron chi connectivity index (χ0n) is 9.61. The predicted molar refractivity (Wildman–Crippen MR) is 79.3 cm³/mol. The van der Waals surface area contributed by atoms with Gasteiger partial charge in [0, 0.05) is 22.9 Å². The summed E-state index contributed by atoms with van der Waals surface area (Å²) in [6.45, 7) is 1.62. The summed E-state index contributed by atoms with van der Waals surface area (Å²) >= 11 is 2.04. The lowest BCUT2D eigenvalue weighted by Crippen LogP contribution is -2.30. The van der Waals surface area contributed by atoms with E-state index in [2.05, 4.69) is 33.9 Å². The fourth-order valence-corrected chi connectivity index (χ4v) is 2.52. The molecule has 0 heterocycles. The Morgan fingerprint density at radius 1 is 1.24 bits per heavy atom. The van der Waals surface area contributed by atoms with Gasteiger partial charge in [-0.25, -0.2) is 0 Å². The molecule has 1 unspecified atom stereocenters. The van der Waals surface area contributed by atoms with Crippen LogP contribution in [0.15, 0.2) is 42.5 Å². The Morgan fingerprint density at radius 3 is 2.59 bits per heavy atom. The van der Waals surface area contributed by atoms with Crippen LogP contribution in [0.25, 0.3) is 10.8 Å². The molecule has 0 fully saturated rings. The molecule has 2 nitrogen and oxygen atoms in total. The number of halogens is 1. The summed E-state index contributed by atoms with van der Waals surface area (Å²) in [5.41, 5.74) is 1.19. The maximum Gasteiger partial charge on any atom is 0.147 e. The second kappa shape index (κ2) is 5.60. The van der Waals surface area contributed by atoms with Crippen molar-refractivity contribution in [3.05, 3.63) is 48.0 Å². The van der Waals surface area contributed by atoms with Gasteiger partial charge in [-0.1, -0.05) is 42.5 Å². The average Bonchev–Trinajstić information content (AvgIpc) is 2.35. The number of hydrogen-bond acceptors (Lipinski definition) is 2. The molecule has 2 aromatic carbocycles. The minimum atomic E-state index is -0.100. The number of benzene rings is 2. The number of ketones is 1. The molecular formula is C14H14INO. The van der Waals surface area contributed by atoms with Gasteiger partial charge in [0.25, 0.3) is 0 Å². The van der Waals surface area contributed by atoms with Crippen molar-refractivity contribution >= 4 is 39.4 Å². The molecule has 0 bridgehead atoms. The molecule has 1 N–H and O–H groups in total. The zero-order valence-corrected chi connectivity index (χ0v) is 11.8. The van der Waals surface area contributed by atoms with E-state index in [1.54, 1.807) is 6.92 Å². The van der Waals surface area contributed by atoms with Crippen molar-refractivity contribution in [1.29, 1.82) is 0 Å². The van der Waals surface area contributed by atoms with E-state index in [9.17, 15) is 4.79 Å². The molecule has 0 radical (unpaired) electrons. The van der Waals surface area contributed by atoms with Gasteiger partial charge in [-0.2, -0.15) is 0 Å². The lowest BCUT2D eigenvalue weighted by molar-refractivity contribution is -0.118. The smallest absolute Gasteiger partial charge is 0.147 e. The highest BCUT2D eigenvalue weighted by atomic mass is 127. The van der Waals surface area contributed by atoms with Crippen LogP contribution in [0.3, 0.4) is 0 Å². The number of carbonyl (C=O) groups is 1. The number of Topliss-reactive ketones (excluding diaryl/α,β-unsaturated/α-hetero) is 1. The molecule has 0 aliphatic carbocycles. The SMILES string of the molecule is CC(=O)C(Cc1ccc2ccccc2c1)NI. The Labute approximate surface area is 115 Å². The van der Waals surface area contributed by atoms with Crippen LogP contribution >= 0.6 is 22.9 Å². The van der Waals surface area contributed by atoms with Crippen molar-refractivity contribution in [3.8, 4) is 0 Å². The second-order valence-corrected chi connectivity index (χ2v) is 4.78. The summed E-state index contributed by atoms with van der Waals surface area (Å²) in [7, 11) is 0. The van der Waals surface area contributed by atoms with Crippen LogP contribution in [-0.4, -0.2) is 11.8 Å². The van der Waals surface area contributed by atoms with E-state index >= 15 is 0 Å². The van der Waals surface area contributed by atoms with Crippen molar-refractivity contribution in [2.75, 3.05) is 0 Å². The van der Waals surface area contributed by atoms with Crippen LogP contribution in [0.1, 0.15) is 12.5 Å². The lowest BCUT2D eigenvalue weighted by Gasteiger charge is -2.11. The van der Waals surface area contributed by atoms with E-state index in [0.717, 1.165) is 6.42 Å². The minimum Gasteiger partial charge on any atom is -0.298 e.